The van der Waals surface area contributed by atoms with Gasteiger partial charge in [-0.2, -0.15) is 11.8 Å². The third-order valence-electron chi connectivity index (χ3n) is 2.23. The summed E-state index contributed by atoms with van der Waals surface area (Å²) < 4.78 is 0. The number of allylic oxidation sites excluding steroid dienone is 1. The van der Waals surface area contributed by atoms with E-state index in [0.29, 0.717) is 6.54 Å². The first-order valence-electron chi connectivity index (χ1n) is 5.44. The van der Waals surface area contributed by atoms with Gasteiger partial charge in [-0.05, 0) is 26.5 Å². The van der Waals surface area contributed by atoms with Crippen LogP contribution in [0.15, 0.2) is 12.2 Å². The number of aliphatic hydroxyl groups excluding tert-OH is 1. The minimum atomic E-state index is -0.176. The molecule has 0 aromatic heterocycles. The fourth-order valence-electron chi connectivity index (χ4n) is 1.22. The van der Waals surface area contributed by atoms with Crippen LogP contribution in [0.5, 0.6) is 0 Å². The molecule has 4 nitrogen and oxygen atoms in total. The molecule has 0 saturated heterocycles. The fourth-order valence-corrected chi connectivity index (χ4v) is 1.85. The molecule has 5 heteroatoms. The van der Waals surface area contributed by atoms with Gasteiger partial charge < -0.3 is 15.7 Å². The molecule has 0 bridgehead atoms. The third-order valence-corrected chi connectivity index (χ3v) is 3.39. The highest BCUT2D eigenvalue weighted by atomic mass is 32.2. The molecule has 3 N–H and O–H groups in total. The molecule has 2 unspecified atom stereocenters. The van der Waals surface area contributed by atoms with Crippen LogP contribution in [-0.2, 0) is 0 Å². The van der Waals surface area contributed by atoms with E-state index in [0.717, 1.165) is 6.42 Å². The van der Waals surface area contributed by atoms with Gasteiger partial charge in [-0.3, -0.25) is 0 Å². The highest BCUT2D eigenvalue weighted by Crippen LogP contribution is 2.09. The van der Waals surface area contributed by atoms with Crippen molar-refractivity contribution in [2.24, 2.45) is 0 Å². The molecule has 0 aromatic carbocycles. The molecule has 0 saturated carbocycles. The van der Waals surface area contributed by atoms with Crippen LogP contribution in [0.4, 0.5) is 4.79 Å². The number of thioether (sulfide) groups is 1. The molecule has 0 fully saturated rings. The Hall–Kier alpha value is -0.680. The second-order valence-corrected chi connectivity index (χ2v) is 4.58. The Balaban J connectivity index is 3.77. The Bertz CT molecular complexity index is 218. The van der Waals surface area contributed by atoms with Crippen LogP contribution < -0.4 is 10.6 Å². The molecule has 16 heavy (non-hydrogen) atoms. The number of carbonyl (C=O) groups is 1. The quantitative estimate of drug-likeness (QED) is 0.469. The van der Waals surface area contributed by atoms with Gasteiger partial charge in [-0.25, -0.2) is 4.79 Å². The number of carbonyl (C=O) groups excluding carboxylic acids is 1. The molecule has 2 amide bonds. The van der Waals surface area contributed by atoms with Crippen LogP contribution in [0.1, 0.15) is 20.3 Å². The van der Waals surface area contributed by atoms with Crippen LogP contribution >= 0.6 is 11.8 Å². The van der Waals surface area contributed by atoms with Crippen LogP contribution in [-0.4, -0.2) is 41.8 Å². The van der Waals surface area contributed by atoms with Gasteiger partial charge in [0, 0.05) is 17.8 Å². The summed E-state index contributed by atoms with van der Waals surface area (Å²) in [5.74, 6) is 0. The summed E-state index contributed by atoms with van der Waals surface area (Å²) >= 11 is 1.55. The van der Waals surface area contributed by atoms with Gasteiger partial charge in [0.1, 0.15) is 0 Å². The normalized spacial score (nSPS) is 14.8. The molecule has 0 rings (SSSR count). The van der Waals surface area contributed by atoms with Gasteiger partial charge in [0.2, 0.25) is 0 Å². The van der Waals surface area contributed by atoms with Crippen LogP contribution in [0, 0.1) is 0 Å². The highest BCUT2D eigenvalue weighted by Gasteiger charge is 2.16. The van der Waals surface area contributed by atoms with Gasteiger partial charge in [0.15, 0.2) is 0 Å². The molecule has 0 aliphatic heterocycles. The lowest BCUT2D eigenvalue weighted by Crippen LogP contribution is -2.46. The van der Waals surface area contributed by atoms with Crippen molar-refractivity contribution in [3.05, 3.63) is 12.2 Å². The number of rotatable bonds is 7. The Labute approximate surface area is 102 Å². The summed E-state index contributed by atoms with van der Waals surface area (Å²) in [4.78, 5) is 11.4. The van der Waals surface area contributed by atoms with Gasteiger partial charge in [0.25, 0.3) is 0 Å². The number of hydrogen-bond acceptors (Lipinski definition) is 3. The zero-order valence-corrected chi connectivity index (χ0v) is 11.0. The first-order valence-corrected chi connectivity index (χ1v) is 6.73. The smallest absolute Gasteiger partial charge is 0.315 e. The van der Waals surface area contributed by atoms with Crippen LogP contribution in [0.25, 0.3) is 0 Å². The third kappa shape index (κ3) is 6.74. The van der Waals surface area contributed by atoms with Crippen molar-refractivity contribution in [2.75, 3.05) is 19.4 Å². The molecular formula is C11H22N2O2S. The maximum atomic E-state index is 11.4. The Morgan fingerprint density at radius 1 is 1.56 bits per heavy atom. The standard InChI is InChI=1S/C11H22N2O2S/c1-4-5-6-7-12-11(15)13-9(2)10(8-14)16-3/h4-5,9-10,14H,6-8H2,1-3H3,(H2,12,13,15). The van der Waals surface area contributed by atoms with Crippen molar-refractivity contribution in [1.82, 2.24) is 10.6 Å². The summed E-state index contributed by atoms with van der Waals surface area (Å²) in [6.45, 7) is 4.54. The predicted molar refractivity (Wildman–Crippen MR) is 69.8 cm³/mol. The lowest BCUT2D eigenvalue weighted by Gasteiger charge is -2.21. The summed E-state index contributed by atoms with van der Waals surface area (Å²) in [5.41, 5.74) is 0. The molecule has 0 radical (unpaired) electrons. The number of amides is 2. The van der Waals surface area contributed by atoms with E-state index in [2.05, 4.69) is 10.6 Å². The predicted octanol–water partition coefficient (Wildman–Crippen LogP) is 1.36. The summed E-state index contributed by atoms with van der Waals surface area (Å²) in [7, 11) is 0. The maximum Gasteiger partial charge on any atom is 0.315 e. The van der Waals surface area contributed by atoms with E-state index in [4.69, 9.17) is 5.11 Å². The van der Waals surface area contributed by atoms with Crippen molar-refractivity contribution in [3.63, 3.8) is 0 Å². The Morgan fingerprint density at radius 2 is 2.25 bits per heavy atom. The average molecular weight is 246 g/mol. The second-order valence-electron chi connectivity index (χ2n) is 3.50. The Morgan fingerprint density at radius 3 is 2.75 bits per heavy atom. The molecule has 0 aromatic rings. The van der Waals surface area contributed by atoms with Crippen molar-refractivity contribution in [3.8, 4) is 0 Å². The molecule has 0 heterocycles. The summed E-state index contributed by atoms with van der Waals surface area (Å²) in [6, 6.07) is -0.216. The Kier molecular flexibility index (Phi) is 9.13. The molecule has 2 atom stereocenters. The van der Waals surface area contributed by atoms with Crippen molar-refractivity contribution in [2.45, 2.75) is 31.6 Å². The van der Waals surface area contributed by atoms with E-state index >= 15 is 0 Å². The monoisotopic (exact) mass is 246 g/mol. The van der Waals surface area contributed by atoms with Crippen molar-refractivity contribution < 1.29 is 9.90 Å². The average Bonchev–Trinajstić information content (AvgIpc) is 2.26. The zero-order chi connectivity index (χ0) is 12.4. The summed E-state index contributed by atoms with van der Waals surface area (Å²) in [6.07, 6.45) is 6.72. The van der Waals surface area contributed by atoms with Gasteiger partial charge in [-0.1, -0.05) is 12.2 Å². The van der Waals surface area contributed by atoms with E-state index in [1.54, 1.807) is 11.8 Å². The minimum Gasteiger partial charge on any atom is -0.395 e. The molecule has 94 valence electrons. The summed E-state index contributed by atoms with van der Waals surface area (Å²) in [5, 5.41) is 14.7. The van der Waals surface area contributed by atoms with E-state index in [1.165, 1.54) is 0 Å². The maximum absolute atomic E-state index is 11.4. The van der Waals surface area contributed by atoms with Crippen LogP contribution in [0.2, 0.25) is 0 Å². The van der Waals surface area contributed by atoms with E-state index in [-0.39, 0.29) is 23.9 Å². The van der Waals surface area contributed by atoms with E-state index in [1.807, 2.05) is 32.3 Å². The SMILES string of the molecule is CC=CCCNC(=O)NC(C)C(CO)SC. The van der Waals surface area contributed by atoms with Gasteiger partial charge in [0.05, 0.1) is 6.61 Å². The first-order chi connectivity index (χ1) is 7.65. The van der Waals surface area contributed by atoms with Crippen molar-refractivity contribution in [1.29, 1.82) is 0 Å². The van der Waals surface area contributed by atoms with Crippen molar-refractivity contribution >= 4 is 17.8 Å². The lowest BCUT2D eigenvalue weighted by molar-refractivity contribution is 0.233. The number of aliphatic hydroxyl groups is 1. The van der Waals surface area contributed by atoms with Gasteiger partial charge >= 0.3 is 6.03 Å². The fraction of sp³-hybridized carbons (Fsp3) is 0.727. The largest absolute Gasteiger partial charge is 0.395 e. The second kappa shape index (κ2) is 9.54. The molecular weight excluding hydrogens is 224 g/mol. The van der Waals surface area contributed by atoms with Crippen LogP contribution in [0.3, 0.4) is 0 Å². The molecule has 0 aliphatic rings. The van der Waals surface area contributed by atoms with E-state index < -0.39 is 0 Å². The van der Waals surface area contributed by atoms with Gasteiger partial charge in [-0.15, -0.1) is 0 Å². The number of hydrogen-bond donors (Lipinski definition) is 3. The highest BCUT2D eigenvalue weighted by molar-refractivity contribution is 7.99. The first kappa shape index (κ1) is 15.3. The number of urea groups is 1. The van der Waals surface area contributed by atoms with E-state index in [9.17, 15) is 4.79 Å². The number of nitrogens with one attached hydrogen (secondary N) is 2. The molecule has 0 spiro atoms. The minimum absolute atomic E-state index is 0.0401. The molecule has 0 aliphatic carbocycles. The lowest BCUT2D eigenvalue weighted by atomic mass is 10.2. The topological polar surface area (TPSA) is 61.4 Å². The zero-order valence-electron chi connectivity index (χ0n) is 10.2.